The molecule has 59 heavy (non-hydrogen) atoms. The third kappa shape index (κ3) is 7.35. The van der Waals surface area contributed by atoms with Gasteiger partial charge in [0.05, 0.1) is 30.3 Å². The number of Topliss-reactive ketones (excluding diaryl/α,β-unsaturated/α-hetero) is 4. The summed E-state index contributed by atoms with van der Waals surface area (Å²) >= 11 is 0. The van der Waals surface area contributed by atoms with Crippen molar-refractivity contribution in [2.45, 2.75) is 44.4 Å². The first-order chi connectivity index (χ1) is 27.8. The first-order valence-electron chi connectivity index (χ1n) is 18.7. The Labute approximate surface area is 337 Å². The molecule has 19 nitrogen and oxygen atoms in total. The molecule has 6 rings (SSSR count). The highest BCUT2D eigenvalue weighted by molar-refractivity contribution is 6.32. The lowest BCUT2D eigenvalue weighted by molar-refractivity contribution is -0.181. The summed E-state index contributed by atoms with van der Waals surface area (Å²) in [6, 6.07) is 6.68. The minimum Gasteiger partial charge on any atom is -0.505 e. The Bertz CT molecular complexity index is 2300. The number of likely N-dealkylation sites (N-methyl/N-ethyl adjacent to an activating group) is 1. The number of ether oxygens (including phenoxy) is 2. The molecule has 4 unspecified atom stereocenters. The molecule has 6 atom stereocenters. The molecule has 0 aliphatic heterocycles. The molecular formula is C40H45N5O14. The zero-order chi connectivity index (χ0) is 43.2. The molecule has 0 spiro atoms. The van der Waals surface area contributed by atoms with Gasteiger partial charge in [-0.1, -0.05) is 6.92 Å². The third-order valence-corrected chi connectivity index (χ3v) is 11.2. The number of hydrogen-bond donors (Lipinski definition) is 4. The lowest BCUT2D eigenvalue weighted by atomic mass is 9.52. The fraction of sp³-hybridized carbons (Fsp3) is 0.450. The maximum atomic E-state index is 14.4. The Morgan fingerprint density at radius 3 is 2.29 bits per heavy atom. The molecule has 1 aromatic heterocycles. The number of rotatable bonds is 12. The van der Waals surface area contributed by atoms with Crippen molar-refractivity contribution in [1.82, 2.24) is 9.80 Å². The molecule has 3 aliphatic carbocycles. The Kier molecular flexibility index (Phi) is 11.6. The lowest BCUT2D eigenvalue weighted by Gasteiger charge is -2.52. The molecule has 314 valence electrons. The molecule has 2 saturated carbocycles. The number of hydrogen-bond acceptors (Lipinski definition) is 16. The van der Waals surface area contributed by atoms with Gasteiger partial charge < -0.3 is 44.5 Å². The largest absolute Gasteiger partial charge is 0.519 e. The fourth-order valence-corrected chi connectivity index (χ4v) is 8.60. The van der Waals surface area contributed by atoms with Gasteiger partial charge in [-0.15, -0.1) is 0 Å². The van der Waals surface area contributed by atoms with Gasteiger partial charge >= 0.3 is 11.9 Å². The Morgan fingerprint density at radius 2 is 1.69 bits per heavy atom. The first kappa shape index (κ1) is 42.3. The van der Waals surface area contributed by atoms with E-state index in [9.17, 15) is 48.6 Å². The van der Waals surface area contributed by atoms with Crippen molar-refractivity contribution < 1.29 is 62.1 Å². The van der Waals surface area contributed by atoms with Crippen LogP contribution in [0, 0.1) is 23.7 Å². The molecular weight excluding hydrogens is 774 g/mol. The molecule has 1 heterocycles. The standard InChI is InChI=1S/C40H45N5O14/c1-7-12-45(38(53)57-17-25-34(59-39(54)58-25)18-8-10-20(56-6)11-9-18)16-26(46)42-23-15-24(43(2)3)21-13-19-14-22-30(44(4)5)33(49)29(37(41)52)36(51)40(22,55)35(50)27(19)32(48)28(21)31(23)47/h8-11,15,19,22,27,29-30,47,55H,7,12-14,16-17H2,1-6H3,(H2,41,52)(H,42,46)/t19?,22?,27?,29?,30-,40-/m0/s1. The van der Waals surface area contributed by atoms with Crippen molar-refractivity contribution in [2.24, 2.45) is 29.4 Å². The van der Waals surface area contributed by atoms with Gasteiger partial charge in [-0.3, -0.25) is 38.6 Å². The van der Waals surface area contributed by atoms with E-state index < -0.39 is 101 Å². The van der Waals surface area contributed by atoms with E-state index in [1.807, 2.05) is 0 Å². The second-order valence-corrected chi connectivity index (χ2v) is 15.3. The number of anilines is 2. The molecule has 5 N–H and O–H groups in total. The maximum absolute atomic E-state index is 14.4. The number of nitrogens with two attached hydrogens (primary N) is 1. The monoisotopic (exact) mass is 819 g/mol. The number of aliphatic hydroxyl groups is 1. The summed E-state index contributed by atoms with van der Waals surface area (Å²) in [5.74, 6) is -13.6. The quantitative estimate of drug-likeness (QED) is 0.147. The normalized spacial score (nSPS) is 23.6. The van der Waals surface area contributed by atoms with Crippen molar-refractivity contribution >= 4 is 52.4 Å². The molecule has 0 radical (unpaired) electrons. The summed E-state index contributed by atoms with van der Waals surface area (Å²) in [4.78, 5) is 111. The minimum atomic E-state index is -2.90. The molecule has 3 aromatic rings. The van der Waals surface area contributed by atoms with Gasteiger partial charge in [-0.2, -0.15) is 0 Å². The number of nitrogens with zero attached hydrogens (tertiary/aromatic N) is 3. The number of primary amides is 1. The van der Waals surface area contributed by atoms with E-state index in [1.165, 1.54) is 32.2 Å². The van der Waals surface area contributed by atoms with Crippen LogP contribution in [0.15, 0.2) is 44.0 Å². The van der Waals surface area contributed by atoms with Gasteiger partial charge in [-0.05, 0) is 75.2 Å². The molecule has 2 fully saturated rings. The van der Waals surface area contributed by atoms with E-state index in [0.29, 0.717) is 29.0 Å². The van der Waals surface area contributed by atoms with Crippen LogP contribution >= 0.6 is 0 Å². The van der Waals surface area contributed by atoms with Gasteiger partial charge in [0.25, 0.3) is 0 Å². The summed E-state index contributed by atoms with van der Waals surface area (Å²) in [7, 11) is 7.80. The van der Waals surface area contributed by atoms with Crippen molar-refractivity contribution in [2.75, 3.05) is 58.6 Å². The maximum Gasteiger partial charge on any atom is 0.519 e. The van der Waals surface area contributed by atoms with Crippen molar-refractivity contribution in [3.63, 3.8) is 0 Å². The number of nitrogens with one attached hydrogen (secondary N) is 1. The van der Waals surface area contributed by atoms with Crippen LogP contribution in [0.25, 0.3) is 11.3 Å². The van der Waals surface area contributed by atoms with Crippen LogP contribution in [-0.2, 0) is 41.7 Å². The second-order valence-electron chi connectivity index (χ2n) is 15.3. The van der Waals surface area contributed by atoms with Crippen LogP contribution in [0.2, 0.25) is 0 Å². The van der Waals surface area contributed by atoms with Crippen LogP contribution < -0.4 is 26.5 Å². The predicted octanol–water partition coefficient (Wildman–Crippen LogP) is 1.14. The predicted molar refractivity (Wildman–Crippen MR) is 206 cm³/mol. The minimum absolute atomic E-state index is 0.00816. The fourth-order valence-electron chi connectivity index (χ4n) is 8.60. The summed E-state index contributed by atoms with van der Waals surface area (Å²) in [6.07, 6.45) is -0.666. The average molecular weight is 820 g/mol. The summed E-state index contributed by atoms with van der Waals surface area (Å²) in [6.45, 7) is 0.702. The van der Waals surface area contributed by atoms with E-state index in [1.54, 1.807) is 50.2 Å². The third-order valence-electron chi connectivity index (χ3n) is 11.2. The smallest absolute Gasteiger partial charge is 0.505 e. The molecule has 0 saturated heterocycles. The SMILES string of the molecule is CCCN(CC(=O)Nc1cc(N(C)C)c2c(c1O)C(=O)C1C(=O)[C@]3(O)C(=O)C(C(N)=O)C(=O)[C@@H](N(C)C)C3CC1C2)C(=O)OCc1oc(=O)oc1-c1ccc(OC)cc1. The topological polar surface area (TPSA) is 270 Å². The molecule has 19 heteroatoms. The van der Waals surface area contributed by atoms with E-state index in [0.717, 1.165) is 4.90 Å². The lowest BCUT2D eigenvalue weighted by Crippen LogP contribution is -2.74. The Hall–Kier alpha value is -6.34. The first-order valence-corrected chi connectivity index (χ1v) is 18.7. The number of methoxy groups -OCH3 is 1. The number of amides is 3. The van der Waals surface area contributed by atoms with E-state index in [2.05, 4.69) is 5.32 Å². The number of aromatic hydroxyl groups is 1. The second kappa shape index (κ2) is 16.1. The highest BCUT2D eigenvalue weighted by Crippen LogP contribution is 2.52. The zero-order valence-electron chi connectivity index (χ0n) is 33.2. The highest BCUT2D eigenvalue weighted by Gasteiger charge is 2.69. The van der Waals surface area contributed by atoms with Crippen molar-refractivity contribution in [1.29, 1.82) is 0 Å². The van der Waals surface area contributed by atoms with Gasteiger partial charge in [0.15, 0.2) is 52.8 Å². The van der Waals surface area contributed by atoms with Gasteiger partial charge in [0, 0.05) is 37.8 Å². The Morgan fingerprint density at radius 1 is 1.02 bits per heavy atom. The van der Waals surface area contributed by atoms with Gasteiger partial charge in [0.1, 0.15) is 18.0 Å². The number of ketones is 4. The number of carbonyl (C=O) groups is 7. The van der Waals surface area contributed by atoms with Crippen LogP contribution in [-0.4, -0.2) is 121 Å². The summed E-state index contributed by atoms with van der Waals surface area (Å²) < 4.78 is 20.8. The van der Waals surface area contributed by atoms with Crippen molar-refractivity contribution in [3.05, 3.63) is 57.8 Å². The van der Waals surface area contributed by atoms with E-state index >= 15 is 0 Å². The molecule has 0 bridgehead atoms. The summed E-state index contributed by atoms with van der Waals surface area (Å²) in [5.41, 5.74) is 3.11. The highest BCUT2D eigenvalue weighted by atomic mass is 16.6. The zero-order valence-corrected chi connectivity index (χ0v) is 33.2. The van der Waals surface area contributed by atoms with Crippen molar-refractivity contribution in [3.8, 4) is 22.8 Å². The van der Waals surface area contributed by atoms with Crippen LogP contribution in [0.4, 0.5) is 16.2 Å². The Balaban J connectivity index is 1.24. The number of fused-ring (bicyclic) bond motifs is 3. The van der Waals surface area contributed by atoms with E-state index in [4.69, 9.17) is 24.0 Å². The van der Waals surface area contributed by atoms with Crippen LogP contribution in [0.5, 0.6) is 11.5 Å². The van der Waals surface area contributed by atoms with Crippen LogP contribution in [0.3, 0.4) is 0 Å². The number of phenolic OH excluding ortho intramolecular Hbond substituents is 1. The summed E-state index contributed by atoms with van der Waals surface area (Å²) in [5, 5.41) is 26.0. The van der Waals surface area contributed by atoms with E-state index in [-0.39, 0.29) is 42.2 Å². The number of phenols is 1. The molecule has 3 amide bonds. The molecule has 3 aliphatic rings. The number of carbonyl (C=O) groups excluding carboxylic acids is 7. The average Bonchev–Trinajstić information content (AvgIpc) is 3.55. The number of benzene rings is 2. The van der Waals surface area contributed by atoms with Crippen LogP contribution in [0.1, 0.15) is 41.4 Å². The molecule has 2 aromatic carbocycles. The van der Waals surface area contributed by atoms with Gasteiger partial charge in [0.2, 0.25) is 11.8 Å². The van der Waals surface area contributed by atoms with Gasteiger partial charge in [-0.25, -0.2) is 9.59 Å².